The van der Waals surface area contributed by atoms with Crippen LogP contribution in [0.4, 0.5) is 0 Å². The average Bonchev–Trinajstić information content (AvgIpc) is 2.98. The zero-order valence-electron chi connectivity index (χ0n) is 18.5. The lowest BCUT2D eigenvalue weighted by atomic mass is 9.40. The third-order valence-electron chi connectivity index (χ3n) is 10.5. The van der Waals surface area contributed by atoms with Crippen LogP contribution in [-0.2, 0) is 9.53 Å². The molecule has 0 saturated heterocycles. The highest BCUT2D eigenvalue weighted by atomic mass is 16.5. The van der Waals surface area contributed by atoms with Crippen LogP contribution >= 0.6 is 0 Å². The molecule has 0 aliphatic heterocycles. The minimum absolute atomic E-state index is 0.295. The topological polar surface area (TPSA) is 26.3 Å². The van der Waals surface area contributed by atoms with Crippen LogP contribution in [0.25, 0.3) is 0 Å². The van der Waals surface area contributed by atoms with E-state index in [9.17, 15) is 4.79 Å². The minimum atomic E-state index is 0.295. The van der Waals surface area contributed by atoms with E-state index in [2.05, 4.69) is 27.7 Å². The molecule has 2 heteroatoms. The number of hydrogen-bond donors (Lipinski definition) is 0. The normalized spacial score (nSPS) is 52.0. The Kier molecular flexibility index (Phi) is 5.06. The molecule has 8 atom stereocenters. The van der Waals surface area contributed by atoms with Crippen LogP contribution in [0.3, 0.4) is 0 Å². The Morgan fingerprint density at radius 1 is 0.963 bits per heavy atom. The molecule has 0 bridgehead atoms. The van der Waals surface area contributed by atoms with Gasteiger partial charge in [-0.2, -0.15) is 0 Å². The Hall–Kier alpha value is -0.370. The van der Waals surface area contributed by atoms with Gasteiger partial charge in [0.25, 0.3) is 0 Å². The standard InChI is InChI=1S/C25H42O2/c1-6-27-16-18-9-14-25(5)22-11-13-24(4)20(17(2)26)7-8-21(24)19(22)10-12-23(25,3)15-18/h18-22H,6-16H2,1-5H3. The van der Waals surface area contributed by atoms with E-state index < -0.39 is 0 Å². The van der Waals surface area contributed by atoms with Crippen molar-refractivity contribution in [3.63, 3.8) is 0 Å². The summed E-state index contributed by atoms with van der Waals surface area (Å²) in [6.45, 7) is 13.5. The number of ether oxygens (including phenoxy) is 1. The maximum absolute atomic E-state index is 12.3. The third-order valence-corrected chi connectivity index (χ3v) is 10.5. The Bertz CT molecular complexity index is 585. The maximum Gasteiger partial charge on any atom is 0.133 e. The van der Waals surface area contributed by atoms with Gasteiger partial charge in [-0.3, -0.25) is 4.79 Å². The number of carbonyl (C=O) groups excluding carboxylic acids is 1. The van der Waals surface area contributed by atoms with Crippen LogP contribution in [0.15, 0.2) is 0 Å². The first-order chi connectivity index (χ1) is 12.7. The largest absolute Gasteiger partial charge is 0.381 e. The van der Waals surface area contributed by atoms with Gasteiger partial charge in [0.2, 0.25) is 0 Å². The van der Waals surface area contributed by atoms with E-state index in [4.69, 9.17) is 4.74 Å². The molecule has 4 fully saturated rings. The van der Waals surface area contributed by atoms with Crippen molar-refractivity contribution in [2.45, 2.75) is 92.4 Å². The molecule has 4 aliphatic carbocycles. The summed E-state index contributed by atoms with van der Waals surface area (Å²) < 4.78 is 5.81. The van der Waals surface area contributed by atoms with Gasteiger partial charge in [-0.15, -0.1) is 0 Å². The van der Waals surface area contributed by atoms with Gasteiger partial charge in [0, 0.05) is 19.1 Å². The fourth-order valence-electron chi connectivity index (χ4n) is 8.86. The predicted molar refractivity (Wildman–Crippen MR) is 110 cm³/mol. The molecule has 0 heterocycles. The zero-order valence-corrected chi connectivity index (χ0v) is 18.5. The van der Waals surface area contributed by atoms with Crippen LogP contribution in [0, 0.1) is 45.8 Å². The summed E-state index contributed by atoms with van der Waals surface area (Å²) in [7, 11) is 0. The van der Waals surface area contributed by atoms with Crippen LogP contribution in [0.5, 0.6) is 0 Å². The summed E-state index contributed by atoms with van der Waals surface area (Å²) in [6, 6.07) is 0. The Morgan fingerprint density at radius 2 is 1.74 bits per heavy atom. The minimum Gasteiger partial charge on any atom is -0.381 e. The van der Waals surface area contributed by atoms with Gasteiger partial charge in [0.05, 0.1) is 0 Å². The first-order valence-corrected chi connectivity index (χ1v) is 11.8. The van der Waals surface area contributed by atoms with Gasteiger partial charge in [0.15, 0.2) is 0 Å². The number of Topliss-reactive ketones (excluding diaryl/α,β-unsaturated/α-hetero) is 1. The van der Waals surface area contributed by atoms with Gasteiger partial charge < -0.3 is 4.74 Å². The Morgan fingerprint density at radius 3 is 2.44 bits per heavy atom. The summed E-state index contributed by atoms with van der Waals surface area (Å²) in [6.07, 6.45) is 12.0. The van der Waals surface area contributed by atoms with Crippen molar-refractivity contribution < 1.29 is 9.53 Å². The first kappa shape index (κ1) is 19.9. The highest BCUT2D eigenvalue weighted by molar-refractivity contribution is 5.79. The molecular weight excluding hydrogens is 332 g/mol. The number of rotatable bonds is 4. The first-order valence-electron chi connectivity index (χ1n) is 11.8. The molecule has 8 unspecified atom stereocenters. The van der Waals surface area contributed by atoms with Crippen molar-refractivity contribution in [2.24, 2.45) is 45.8 Å². The Labute approximate surface area is 167 Å². The van der Waals surface area contributed by atoms with Gasteiger partial charge in [-0.05, 0) is 112 Å². The molecule has 4 rings (SSSR count). The van der Waals surface area contributed by atoms with Crippen LogP contribution in [-0.4, -0.2) is 19.0 Å². The van der Waals surface area contributed by atoms with Crippen molar-refractivity contribution in [3.8, 4) is 0 Å². The lowest BCUT2D eigenvalue weighted by Gasteiger charge is -2.65. The second-order valence-corrected chi connectivity index (χ2v) is 11.4. The monoisotopic (exact) mass is 374 g/mol. The van der Waals surface area contributed by atoms with Gasteiger partial charge in [-0.25, -0.2) is 0 Å². The summed E-state index contributed by atoms with van der Waals surface area (Å²) >= 11 is 0. The molecule has 0 aromatic carbocycles. The number of hydrogen-bond acceptors (Lipinski definition) is 2. The molecule has 154 valence electrons. The van der Waals surface area contributed by atoms with E-state index >= 15 is 0 Å². The van der Waals surface area contributed by atoms with E-state index in [-0.39, 0.29) is 0 Å². The molecular formula is C25H42O2. The molecule has 0 aromatic heterocycles. The van der Waals surface area contributed by atoms with Crippen LogP contribution in [0.1, 0.15) is 92.4 Å². The number of ketones is 1. The lowest BCUT2D eigenvalue weighted by molar-refractivity contribution is -0.166. The van der Waals surface area contributed by atoms with E-state index in [0.717, 1.165) is 43.3 Å². The quantitative estimate of drug-likeness (QED) is 0.579. The molecule has 27 heavy (non-hydrogen) atoms. The fourth-order valence-corrected chi connectivity index (χ4v) is 8.86. The predicted octanol–water partition coefficient (Wildman–Crippen LogP) is 6.28. The molecule has 0 amide bonds. The van der Waals surface area contributed by atoms with Crippen molar-refractivity contribution in [3.05, 3.63) is 0 Å². The molecule has 0 radical (unpaired) electrons. The van der Waals surface area contributed by atoms with E-state index in [0.29, 0.717) is 27.9 Å². The SMILES string of the molecule is CCOCC1CCC2(C)C3CCC4(C)C(C(C)=O)CCC4C3CCC2(C)C1. The van der Waals surface area contributed by atoms with Crippen LogP contribution in [0.2, 0.25) is 0 Å². The van der Waals surface area contributed by atoms with Crippen molar-refractivity contribution in [1.29, 1.82) is 0 Å². The zero-order chi connectivity index (χ0) is 19.4. The number of fused-ring (bicyclic) bond motifs is 5. The molecule has 0 spiro atoms. The summed E-state index contributed by atoms with van der Waals surface area (Å²) in [5, 5.41) is 0. The second-order valence-electron chi connectivity index (χ2n) is 11.4. The summed E-state index contributed by atoms with van der Waals surface area (Å²) in [4.78, 5) is 12.3. The maximum atomic E-state index is 12.3. The highest BCUT2D eigenvalue weighted by Crippen LogP contribution is 2.71. The van der Waals surface area contributed by atoms with Gasteiger partial charge in [-0.1, -0.05) is 20.8 Å². The summed E-state index contributed by atoms with van der Waals surface area (Å²) in [5.41, 5.74) is 1.28. The molecule has 0 N–H and O–H groups in total. The lowest BCUT2D eigenvalue weighted by Crippen LogP contribution is -2.58. The van der Waals surface area contributed by atoms with Crippen molar-refractivity contribution in [2.75, 3.05) is 13.2 Å². The molecule has 4 saturated carbocycles. The summed E-state index contributed by atoms with van der Waals surface area (Å²) in [5.74, 6) is 4.12. The fraction of sp³-hybridized carbons (Fsp3) is 0.960. The molecule has 4 aliphatic rings. The molecule has 0 aromatic rings. The van der Waals surface area contributed by atoms with E-state index in [1.165, 1.54) is 51.4 Å². The third kappa shape index (κ3) is 2.87. The van der Waals surface area contributed by atoms with E-state index in [1.54, 1.807) is 0 Å². The van der Waals surface area contributed by atoms with E-state index in [1.807, 2.05) is 6.92 Å². The smallest absolute Gasteiger partial charge is 0.133 e. The Balaban J connectivity index is 1.56. The molecule has 2 nitrogen and oxygen atoms in total. The number of carbonyl (C=O) groups is 1. The van der Waals surface area contributed by atoms with Crippen LogP contribution < -0.4 is 0 Å². The highest BCUT2D eigenvalue weighted by Gasteiger charge is 2.63. The van der Waals surface area contributed by atoms with Crippen molar-refractivity contribution >= 4 is 5.78 Å². The van der Waals surface area contributed by atoms with Crippen molar-refractivity contribution in [1.82, 2.24) is 0 Å². The van der Waals surface area contributed by atoms with Gasteiger partial charge in [0.1, 0.15) is 5.78 Å². The van der Waals surface area contributed by atoms with Gasteiger partial charge >= 0.3 is 0 Å². The average molecular weight is 375 g/mol. The second kappa shape index (κ2) is 6.85.